The number of nitrogen functional groups attached to an aromatic ring is 1. The third kappa shape index (κ3) is 2.03. The first-order valence-electron chi connectivity index (χ1n) is 5.60. The first-order valence-corrected chi connectivity index (χ1v) is 5.60. The van der Waals surface area contributed by atoms with E-state index in [1.165, 1.54) is 0 Å². The predicted octanol–water partition coefficient (Wildman–Crippen LogP) is 2.17. The van der Waals surface area contributed by atoms with Crippen LogP contribution < -0.4 is 11.1 Å². The minimum absolute atomic E-state index is 0.0144. The van der Waals surface area contributed by atoms with E-state index < -0.39 is 0 Å². The van der Waals surface area contributed by atoms with Crippen LogP contribution in [0.25, 0.3) is 0 Å². The summed E-state index contributed by atoms with van der Waals surface area (Å²) in [4.78, 5) is 12.0. The Hall–Kier alpha value is -1.51. The highest BCUT2D eigenvalue weighted by Gasteiger charge is 2.38. The van der Waals surface area contributed by atoms with Crippen molar-refractivity contribution in [2.45, 2.75) is 39.2 Å². The Bertz CT molecular complexity index is 447. The number of rotatable bonds is 2. The van der Waals surface area contributed by atoms with Crippen LogP contribution in [0.5, 0.6) is 0 Å². The number of carbonyl (C=O) groups is 1. The molecule has 3 nitrogen and oxygen atoms in total. The van der Waals surface area contributed by atoms with Gasteiger partial charge in [0.15, 0.2) is 0 Å². The fraction of sp³-hybridized carbons (Fsp3) is 0.462. The zero-order chi connectivity index (χ0) is 11.9. The van der Waals surface area contributed by atoms with Crippen molar-refractivity contribution in [1.82, 2.24) is 5.32 Å². The van der Waals surface area contributed by atoms with Gasteiger partial charge in [0.05, 0.1) is 0 Å². The second-order valence-electron chi connectivity index (χ2n) is 5.04. The lowest BCUT2D eigenvalue weighted by Gasteiger charge is -2.14. The maximum atomic E-state index is 12.0. The average Bonchev–Trinajstić information content (AvgIpc) is 2.89. The summed E-state index contributed by atoms with van der Waals surface area (Å²) in [5, 5.41) is 3.05. The van der Waals surface area contributed by atoms with E-state index in [9.17, 15) is 4.79 Å². The van der Waals surface area contributed by atoms with E-state index in [2.05, 4.69) is 12.2 Å². The van der Waals surface area contributed by atoms with E-state index in [1.54, 1.807) is 0 Å². The van der Waals surface area contributed by atoms with Gasteiger partial charge in [0.1, 0.15) is 0 Å². The van der Waals surface area contributed by atoms with Crippen molar-refractivity contribution in [1.29, 1.82) is 0 Å². The largest absolute Gasteiger partial charge is 0.399 e. The zero-order valence-corrected chi connectivity index (χ0v) is 10.1. The Kier molecular flexibility index (Phi) is 2.41. The molecule has 3 heteroatoms. The minimum Gasteiger partial charge on any atom is -0.399 e. The molecule has 0 saturated heterocycles. The number of anilines is 1. The molecule has 1 saturated carbocycles. The van der Waals surface area contributed by atoms with Crippen molar-refractivity contribution >= 4 is 11.6 Å². The highest BCUT2D eigenvalue weighted by molar-refractivity contribution is 5.97. The lowest BCUT2D eigenvalue weighted by molar-refractivity contribution is 0.0935. The first-order chi connectivity index (χ1) is 7.41. The normalized spacial score (nSPS) is 16.9. The second-order valence-corrected chi connectivity index (χ2v) is 5.04. The van der Waals surface area contributed by atoms with Crippen LogP contribution in [0.2, 0.25) is 0 Å². The number of carbonyl (C=O) groups excluding carboxylic acids is 1. The lowest BCUT2D eigenvalue weighted by atomic mass is 10.0. The molecular weight excluding hydrogens is 200 g/mol. The number of hydrogen-bond acceptors (Lipinski definition) is 2. The molecule has 0 heterocycles. The van der Waals surface area contributed by atoms with Gasteiger partial charge in [-0.15, -0.1) is 0 Å². The van der Waals surface area contributed by atoms with Crippen LogP contribution in [-0.2, 0) is 0 Å². The monoisotopic (exact) mass is 218 g/mol. The van der Waals surface area contributed by atoms with Crippen molar-refractivity contribution in [2.24, 2.45) is 0 Å². The smallest absolute Gasteiger partial charge is 0.251 e. The standard InChI is InChI=1S/C13H18N2O/c1-8-7-11(14)9(2)6-10(8)12(16)15-13(3)4-5-13/h6-7H,4-5,14H2,1-3H3,(H,15,16). The molecule has 0 aromatic heterocycles. The zero-order valence-electron chi connectivity index (χ0n) is 10.1. The third-order valence-corrected chi connectivity index (χ3v) is 3.27. The molecule has 0 radical (unpaired) electrons. The third-order valence-electron chi connectivity index (χ3n) is 3.27. The molecule has 3 N–H and O–H groups in total. The predicted molar refractivity (Wildman–Crippen MR) is 65.4 cm³/mol. The molecule has 0 aliphatic heterocycles. The van der Waals surface area contributed by atoms with Crippen molar-refractivity contribution in [3.05, 3.63) is 28.8 Å². The van der Waals surface area contributed by atoms with E-state index in [0.717, 1.165) is 35.2 Å². The quantitative estimate of drug-likeness (QED) is 0.747. The summed E-state index contributed by atoms with van der Waals surface area (Å²) >= 11 is 0. The van der Waals surface area contributed by atoms with Gasteiger partial charge in [-0.2, -0.15) is 0 Å². The molecule has 1 amide bonds. The summed E-state index contributed by atoms with van der Waals surface area (Å²) in [6.07, 6.45) is 2.15. The van der Waals surface area contributed by atoms with Gasteiger partial charge in [-0.25, -0.2) is 0 Å². The Balaban J connectivity index is 2.26. The van der Waals surface area contributed by atoms with Crippen molar-refractivity contribution in [3.63, 3.8) is 0 Å². The summed E-state index contributed by atoms with van der Waals surface area (Å²) in [5.74, 6) is 0.0144. The number of nitrogens with two attached hydrogens (primary N) is 1. The average molecular weight is 218 g/mol. The summed E-state index contributed by atoms with van der Waals surface area (Å²) in [6, 6.07) is 3.73. The first kappa shape index (κ1) is 11.0. The van der Waals surface area contributed by atoms with Crippen LogP contribution in [0, 0.1) is 13.8 Å². The fourth-order valence-corrected chi connectivity index (χ4v) is 1.74. The van der Waals surface area contributed by atoms with Crippen molar-refractivity contribution in [2.75, 3.05) is 5.73 Å². The van der Waals surface area contributed by atoms with Gasteiger partial charge in [0.2, 0.25) is 0 Å². The van der Waals surface area contributed by atoms with Crippen LogP contribution in [0.3, 0.4) is 0 Å². The van der Waals surface area contributed by atoms with Crippen LogP contribution in [0.4, 0.5) is 5.69 Å². The number of benzene rings is 1. The van der Waals surface area contributed by atoms with Crippen LogP contribution in [-0.4, -0.2) is 11.4 Å². The van der Waals surface area contributed by atoms with E-state index >= 15 is 0 Å². The molecule has 0 atom stereocenters. The SMILES string of the molecule is Cc1cc(C(=O)NC2(C)CC2)c(C)cc1N. The van der Waals surface area contributed by atoms with Gasteiger partial charge in [0, 0.05) is 16.8 Å². The summed E-state index contributed by atoms with van der Waals surface area (Å²) in [7, 11) is 0. The number of hydrogen-bond donors (Lipinski definition) is 2. The maximum Gasteiger partial charge on any atom is 0.251 e. The topological polar surface area (TPSA) is 55.1 Å². The van der Waals surface area contributed by atoms with Crippen molar-refractivity contribution < 1.29 is 4.79 Å². The molecule has 1 aliphatic rings. The molecular formula is C13H18N2O. The maximum absolute atomic E-state index is 12.0. The van der Waals surface area contributed by atoms with Gasteiger partial charge in [0.25, 0.3) is 5.91 Å². The fourth-order valence-electron chi connectivity index (χ4n) is 1.74. The van der Waals surface area contributed by atoms with E-state index in [4.69, 9.17) is 5.73 Å². The van der Waals surface area contributed by atoms with Crippen LogP contribution in [0.1, 0.15) is 41.3 Å². The summed E-state index contributed by atoms with van der Waals surface area (Å²) < 4.78 is 0. The summed E-state index contributed by atoms with van der Waals surface area (Å²) in [6.45, 7) is 5.91. The number of aryl methyl sites for hydroxylation is 2. The molecule has 1 aromatic carbocycles. The molecule has 0 spiro atoms. The van der Waals surface area contributed by atoms with Gasteiger partial charge in [-0.3, -0.25) is 4.79 Å². The molecule has 2 rings (SSSR count). The molecule has 0 unspecified atom stereocenters. The minimum atomic E-state index is 0.0144. The molecule has 0 bridgehead atoms. The highest BCUT2D eigenvalue weighted by Crippen LogP contribution is 2.34. The van der Waals surface area contributed by atoms with E-state index in [-0.39, 0.29) is 11.4 Å². The molecule has 1 fully saturated rings. The van der Waals surface area contributed by atoms with Gasteiger partial charge in [-0.1, -0.05) is 0 Å². The van der Waals surface area contributed by atoms with Gasteiger partial charge < -0.3 is 11.1 Å². The van der Waals surface area contributed by atoms with Gasteiger partial charge >= 0.3 is 0 Å². The molecule has 16 heavy (non-hydrogen) atoms. The molecule has 1 aliphatic carbocycles. The number of nitrogens with one attached hydrogen (secondary N) is 1. The second kappa shape index (κ2) is 3.51. The van der Waals surface area contributed by atoms with E-state index in [1.807, 2.05) is 26.0 Å². The Morgan fingerprint density at radius 1 is 1.31 bits per heavy atom. The summed E-state index contributed by atoms with van der Waals surface area (Å²) in [5.41, 5.74) is 9.19. The van der Waals surface area contributed by atoms with Crippen LogP contribution >= 0.6 is 0 Å². The number of amides is 1. The van der Waals surface area contributed by atoms with Crippen molar-refractivity contribution in [3.8, 4) is 0 Å². The lowest BCUT2D eigenvalue weighted by Crippen LogP contribution is -2.34. The molecule has 86 valence electrons. The Morgan fingerprint density at radius 3 is 2.50 bits per heavy atom. The Morgan fingerprint density at radius 2 is 1.94 bits per heavy atom. The highest BCUT2D eigenvalue weighted by atomic mass is 16.1. The molecule has 1 aromatic rings. The Labute approximate surface area is 96.0 Å². The van der Waals surface area contributed by atoms with E-state index in [0.29, 0.717) is 0 Å². The van der Waals surface area contributed by atoms with Gasteiger partial charge in [-0.05, 0) is 56.9 Å². The van der Waals surface area contributed by atoms with Crippen LogP contribution in [0.15, 0.2) is 12.1 Å².